The van der Waals surface area contributed by atoms with E-state index in [9.17, 15) is 4.79 Å². The molecule has 3 rings (SSSR count). The van der Waals surface area contributed by atoms with E-state index >= 15 is 0 Å². The molecular formula is C18H32N2O. The molecule has 1 heterocycles. The number of rotatable bonds is 4. The van der Waals surface area contributed by atoms with Gasteiger partial charge in [0, 0.05) is 12.6 Å². The number of carbonyl (C=O) groups excluding carboxylic acids is 1. The average Bonchev–Trinajstić information content (AvgIpc) is 2.97. The molecular weight excluding hydrogens is 260 g/mol. The smallest absolute Gasteiger partial charge is 0.237 e. The van der Waals surface area contributed by atoms with Gasteiger partial charge in [-0.3, -0.25) is 4.79 Å². The van der Waals surface area contributed by atoms with Crippen molar-refractivity contribution in [1.82, 2.24) is 10.6 Å². The molecule has 1 aliphatic heterocycles. The molecule has 3 fully saturated rings. The maximum absolute atomic E-state index is 12.4. The average molecular weight is 292 g/mol. The fourth-order valence-electron chi connectivity index (χ4n) is 4.73. The van der Waals surface area contributed by atoms with Crippen LogP contribution in [0, 0.1) is 17.8 Å². The van der Waals surface area contributed by atoms with Gasteiger partial charge in [0.15, 0.2) is 0 Å². The van der Waals surface area contributed by atoms with Gasteiger partial charge in [0.1, 0.15) is 0 Å². The van der Waals surface area contributed by atoms with Crippen molar-refractivity contribution in [3.8, 4) is 0 Å². The van der Waals surface area contributed by atoms with Gasteiger partial charge < -0.3 is 10.6 Å². The molecule has 1 amide bonds. The standard InChI is InChI=1S/C18H32N2O/c1-2-13-7-9-14(10-8-13)12-19-18(21)17-11-15-5-3-4-6-16(15)20-17/h13-17,20H,2-12H2,1H3,(H,19,21). The molecule has 0 bridgehead atoms. The van der Waals surface area contributed by atoms with E-state index in [1.54, 1.807) is 0 Å². The Morgan fingerprint density at radius 3 is 2.48 bits per heavy atom. The van der Waals surface area contributed by atoms with E-state index in [0.717, 1.165) is 30.7 Å². The molecule has 0 aromatic heterocycles. The summed E-state index contributed by atoms with van der Waals surface area (Å²) in [5, 5.41) is 6.82. The predicted molar refractivity (Wildman–Crippen MR) is 86.0 cm³/mol. The van der Waals surface area contributed by atoms with Crippen molar-refractivity contribution in [2.75, 3.05) is 6.54 Å². The Kier molecular flexibility index (Phi) is 5.20. The predicted octanol–water partition coefficient (Wildman–Crippen LogP) is 3.24. The summed E-state index contributed by atoms with van der Waals surface area (Å²) < 4.78 is 0. The first-order valence-corrected chi connectivity index (χ1v) is 9.30. The zero-order chi connectivity index (χ0) is 14.7. The Labute approximate surface area is 129 Å². The van der Waals surface area contributed by atoms with Gasteiger partial charge in [0.25, 0.3) is 0 Å². The molecule has 0 aromatic carbocycles. The Morgan fingerprint density at radius 1 is 1.05 bits per heavy atom. The van der Waals surface area contributed by atoms with E-state index in [-0.39, 0.29) is 11.9 Å². The van der Waals surface area contributed by atoms with Crippen molar-refractivity contribution in [2.45, 2.75) is 83.2 Å². The van der Waals surface area contributed by atoms with Gasteiger partial charge in [-0.05, 0) is 49.9 Å². The minimum Gasteiger partial charge on any atom is -0.354 e. The number of hydrogen-bond donors (Lipinski definition) is 2. The SMILES string of the molecule is CCC1CCC(CNC(=O)C2CC3CCCCC3N2)CC1. The number of fused-ring (bicyclic) bond motifs is 1. The Balaban J connectivity index is 1.39. The lowest BCUT2D eigenvalue weighted by Gasteiger charge is -2.28. The molecule has 3 atom stereocenters. The number of nitrogens with one attached hydrogen (secondary N) is 2. The summed E-state index contributed by atoms with van der Waals surface area (Å²) in [6, 6.07) is 0.708. The molecule has 2 aliphatic carbocycles. The molecule has 3 unspecified atom stereocenters. The molecule has 0 radical (unpaired) electrons. The summed E-state index contributed by atoms with van der Waals surface area (Å²) >= 11 is 0. The van der Waals surface area contributed by atoms with Crippen LogP contribution in [0.3, 0.4) is 0 Å². The van der Waals surface area contributed by atoms with Crippen LogP contribution in [-0.4, -0.2) is 24.5 Å². The first kappa shape index (κ1) is 15.3. The van der Waals surface area contributed by atoms with Crippen LogP contribution in [0.5, 0.6) is 0 Å². The minimum atomic E-state index is 0.0880. The van der Waals surface area contributed by atoms with Crippen molar-refractivity contribution in [1.29, 1.82) is 0 Å². The van der Waals surface area contributed by atoms with E-state index in [2.05, 4.69) is 17.6 Å². The Bertz CT molecular complexity index is 335. The van der Waals surface area contributed by atoms with Crippen LogP contribution < -0.4 is 10.6 Å². The first-order valence-electron chi connectivity index (χ1n) is 9.30. The minimum absolute atomic E-state index is 0.0880. The number of carbonyl (C=O) groups is 1. The summed E-state index contributed by atoms with van der Waals surface area (Å²) in [5.74, 6) is 2.69. The summed E-state index contributed by atoms with van der Waals surface area (Å²) in [6.07, 6.45) is 13.0. The molecule has 1 saturated heterocycles. The molecule has 3 aliphatic rings. The second kappa shape index (κ2) is 7.13. The highest BCUT2D eigenvalue weighted by molar-refractivity contribution is 5.82. The van der Waals surface area contributed by atoms with Gasteiger partial charge >= 0.3 is 0 Å². The second-order valence-corrected chi connectivity index (χ2v) is 7.65. The molecule has 3 nitrogen and oxygen atoms in total. The summed E-state index contributed by atoms with van der Waals surface area (Å²) in [7, 11) is 0. The maximum Gasteiger partial charge on any atom is 0.237 e. The highest BCUT2D eigenvalue weighted by Crippen LogP contribution is 2.33. The highest BCUT2D eigenvalue weighted by Gasteiger charge is 2.38. The van der Waals surface area contributed by atoms with Crippen LogP contribution in [-0.2, 0) is 4.79 Å². The van der Waals surface area contributed by atoms with Gasteiger partial charge in [0.05, 0.1) is 6.04 Å². The first-order chi connectivity index (χ1) is 10.3. The van der Waals surface area contributed by atoms with Crippen molar-refractivity contribution >= 4 is 5.91 Å². The lowest BCUT2D eigenvalue weighted by molar-refractivity contribution is -0.123. The van der Waals surface area contributed by atoms with E-state index in [1.165, 1.54) is 57.8 Å². The van der Waals surface area contributed by atoms with E-state index in [4.69, 9.17) is 0 Å². The van der Waals surface area contributed by atoms with Crippen LogP contribution in [0.25, 0.3) is 0 Å². The van der Waals surface area contributed by atoms with Gasteiger partial charge in [-0.25, -0.2) is 0 Å². The van der Waals surface area contributed by atoms with Crippen LogP contribution >= 0.6 is 0 Å². The zero-order valence-corrected chi connectivity index (χ0v) is 13.6. The molecule has 0 spiro atoms. The van der Waals surface area contributed by atoms with Crippen molar-refractivity contribution in [3.63, 3.8) is 0 Å². The fraction of sp³-hybridized carbons (Fsp3) is 0.944. The van der Waals surface area contributed by atoms with Crippen molar-refractivity contribution < 1.29 is 4.79 Å². The maximum atomic E-state index is 12.4. The highest BCUT2D eigenvalue weighted by atomic mass is 16.2. The fourth-order valence-corrected chi connectivity index (χ4v) is 4.73. The van der Waals surface area contributed by atoms with E-state index in [1.807, 2.05) is 0 Å². The topological polar surface area (TPSA) is 41.1 Å². The zero-order valence-electron chi connectivity index (χ0n) is 13.6. The summed E-state index contributed by atoms with van der Waals surface area (Å²) in [6.45, 7) is 3.21. The van der Waals surface area contributed by atoms with Gasteiger partial charge in [-0.1, -0.05) is 39.0 Å². The summed E-state index contributed by atoms with van der Waals surface area (Å²) in [5.41, 5.74) is 0. The third kappa shape index (κ3) is 3.80. The summed E-state index contributed by atoms with van der Waals surface area (Å²) in [4.78, 5) is 12.4. The lowest BCUT2D eigenvalue weighted by Crippen LogP contribution is -2.44. The van der Waals surface area contributed by atoms with Crippen molar-refractivity contribution in [2.24, 2.45) is 17.8 Å². The third-order valence-corrected chi connectivity index (χ3v) is 6.29. The lowest BCUT2D eigenvalue weighted by atomic mass is 9.81. The van der Waals surface area contributed by atoms with Gasteiger partial charge in [0.2, 0.25) is 5.91 Å². The molecule has 21 heavy (non-hydrogen) atoms. The molecule has 2 N–H and O–H groups in total. The monoisotopic (exact) mass is 292 g/mol. The van der Waals surface area contributed by atoms with E-state index in [0.29, 0.717) is 6.04 Å². The van der Waals surface area contributed by atoms with Gasteiger partial charge in [-0.15, -0.1) is 0 Å². The second-order valence-electron chi connectivity index (χ2n) is 7.65. The molecule has 0 aromatic rings. The normalized spacial score (nSPS) is 39.8. The number of amides is 1. The Morgan fingerprint density at radius 2 is 1.76 bits per heavy atom. The van der Waals surface area contributed by atoms with E-state index < -0.39 is 0 Å². The van der Waals surface area contributed by atoms with Crippen molar-refractivity contribution in [3.05, 3.63) is 0 Å². The van der Waals surface area contributed by atoms with Crippen LogP contribution in [0.4, 0.5) is 0 Å². The van der Waals surface area contributed by atoms with Crippen LogP contribution in [0.2, 0.25) is 0 Å². The largest absolute Gasteiger partial charge is 0.354 e. The Hall–Kier alpha value is -0.570. The van der Waals surface area contributed by atoms with Gasteiger partial charge in [-0.2, -0.15) is 0 Å². The van der Waals surface area contributed by atoms with Crippen LogP contribution in [0.15, 0.2) is 0 Å². The third-order valence-electron chi connectivity index (χ3n) is 6.29. The quantitative estimate of drug-likeness (QED) is 0.835. The molecule has 2 saturated carbocycles. The van der Waals surface area contributed by atoms with Crippen LogP contribution in [0.1, 0.15) is 71.1 Å². The molecule has 3 heteroatoms. The number of hydrogen-bond acceptors (Lipinski definition) is 2. The molecule has 120 valence electrons.